The zero-order chi connectivity index (χ0) is 24.4. The number of hydrogen-bond acceptors (Lipinski definition) is 6. The fraction of sp³-hybridized carbons (Fsp3) is 0.0417. The molecule has 0 aliphatic heterocycles. The first kappa shape index (κ1) is 22.8. The molecular weight excluding hydrogens is 467 g/mol. The number of rotatable bonds is 6. The van der Waals surface area contributed by atoms with E-state index in [4.69, 9.17) is 21.1 Å². The maximum absolute atomic E-state index is 13.5. The molecule has 0 saturated carbocycles. The molecule has 0 radical (unpaired) electrons. The number of nitrogens with zero attached hydrogens (tertiary/aromatic N) is 1. The van der Waals surface area contributed by atoms with Crippen LogP contribution in [0.2, 0.25) is 5.02 Å². The monoisotopic (exact) mass is 480 g/mol. The Kier molecular flexibility index (Phi) is 6.20. The Morgan fingerprint density at radius 3 is 2.53 bits per heavy atom. The third-order valence-corrected chi connectivity index (χ3v) is 5.34. The van der Waals surface area contributed by atoms with Crippen LogP contribution in [-0.4, -0.2) is 28.3 Å². The van der Waals surface area contributed by atoms with Gasteiger partial charge in [-0.15, -0.1) is 0 Å². The van der Waals surface area contributed by atoms with Gasteiger partial charge < -0.3 is 19.6 Å². The normalized spacial score (nSPS) is 11.7. The number of carboxylic acids is 1. The van der Waals surface area contributed by atoms with E-state index >= 15 is 0 Å². The molecule has 0 aliphatic rings. The van der Waals surface area contributed by atoms with Gasteiger partial charge in [0.05, 0.1) is 10.6 Å². The van der Waals surface area contributed by atoms with Gasteiger partial charge in [0.2, 0.25) is 5.91 Å². The molecule has 4 aromatic rings. The maximum Gasteiger partial charge on any atom is 0.337 e. The van der Waals surface area contributed by atoms with E-state index < -0.39 is 29.2 Å². The van der Waals surface area contributed by atoms with E-state index in [0.29, 0.717) is 22.8 Å². The average Bonchev–Trinajstić information content (AvgIpc) is 2.79. The predicted molar refractivity (Wildman–Crippen MR) is 122 cm³/mol. The largest absolute Gasteiger partial charge is 0.478 e. The molecule has 1 atom stereocenters. The summed E-state index contributed by atoms with van der Waals surface area (Å²) in [4.78, 5) is 51.4. The number of fused-ring (bicyclic) bond motifs is 1. The molecular formula is C24H14ClFN2O6. The van der Waals surface area contributed by atoms with Crippen molar-refractivity contribution in [1.82, 2.24) is 4.98 Å². The van der Waals surface area contributed by atoms with Gasteiger partial charge in [0.25, 0.3) is 0 Å². The molecule has 0 spiro atoms. The molecule has 4 rings (SSSR count). The summed E-state index contributed by atoms with van der Waals surface area (Å²) in [7, 11) is 0. The first-order valence-corrected chi connectivity index (χ1v) is 10.1. The van der Waals surface area contributed by atoms with E-state index in [1.54, 1.807) is 6.07 Å². The minimum atomic E-state index is -1.27. The number of carboxylic acid groups (broad SMARTS) is 1. The van der Waals surface area contributed by atoms with Gasteiger partial charge in [0.1, 0.15) is 29.4 Å². The number of pyridine rings is 1. The van der Waals surface area contributed by atoms with Crippen molar-refractivity contribution in [3.05, 3.63) is 93.2 Å². The first-order valence-electron chi connectivity index (χ1n) is 9.75. The second-order valence-corrected chi connectivity index (χ2v) is 7.61. The summed E-state index contributed by atoms with van der Waals surface area (Å²) < 4.78 is 18.7. The van der Waals surface area contributed by atoms with Crippen molar-refractivity contribution in [3.63, 3.8) is 0 Å². The number of aromatic carboxylic acids is 1. The summed E-state index contributed by atoms with van der Waals surface area (Å²) in [5, 5.41) is 11.9. The quantitative estimate of drug-likeness (QED) is 0.240. The number of hydrogen-bond donors (Lipinski definition) is 2. The molecule has 2 N–H and O–H groups in total. The summed E-state index contributed by atoms with van der Waals surface area (Å²) in [5.41, 5.74) is 0.393. The third kappa shape index (κ3) is 4.55. The zero-order valence-electron chi connectivity index (χ0n) is 17.1. The van der Waals surface area contributed by atoms with Gasteiger partial charge in [0.15, 0.2) is 0 Å². The Morgan fingerprint density at radius 1 is 1.09 bits per heavy atom. The van der Waals surface area contributed by atoms with Crippen LogP contribution in [0.1, 0.15) is 21.8 Å². The highest BCUT2D eigenvalue weighted by Gasteiger charge is 2.22. The molecule has 2 aromatic carbocycles. The molecule has 0 fully saturated rings. The van der Waals surface area contributed by atoms with Crippen molar-refractivity contribution in [2.45, 2.75) is 5.92 Å². The van der Waals surface area contributed by atoms with Crippen LogP contribution in [0.15, 0.2) is 70.0 Å². The molecule has 8 nitrogen and oxygen atoms in total. The fourth-order valence-corrected chi connectivity index (χ4v) is 3.66. The van der Waals surface area contributed by atoms with E-state index in [1.165, 1.54) is 42.5 Å². The lowest BCUT2D eigenvalue weighted by Gasteiger charge is -2.13. The Bertz CT molecular complexity index is 1500. The Hall–Kier alpha value is -4.37. The van der Waals surface area contributed by atoms with E-state index in [-0.39, 0.29) is 27.6 Å². The Labute approximate surface area is 195 Å². The second kappa shape index (κ2) is 9.24. The molecule has 0 saturated heterocycles. The van der Waals surface area contributed by atoms with Crippen LogP contribution < -0.4 is 10.9 Å². The highest BCUT2D eigenvalue weighted by atomic mass is 35.5. The van der Waals surface area contributed by atoms with Gasteiger partial charge in [-0.1, -0.05) is 23.7 Å². The van der Waals surface area contributed by atoms with Crippen LogP contribution >= 0.6 is 11.6 Å². The lowest BCUT2D eigenvalue weighted by Crippen LogP contribution is -2.23. The van der Waals surface area contributed by atoms with Gasteiger partial charge in [-0.3, -0.25) is 4.79 Å². The summed E-state index contributed by atoms with van der Waals surface area (Å²) >= 11 is 6.16. The standard InChI is InChI=1S/C24H14ClFN2O6/c25-19-8-14(26)3-5-15(19)17-9-22(30)34-20-7-12(1-4-16(17)20)18(11-29)23(31)28-21-6-2-13(10-27-21)24(32)33/h1-11,18H,(H,32,33)(H,27,28,31)/t18-/m0/s1. The van der Waals surface area contributed by atoms with Gasteiger partial charge >= 0.3 is 11.6 Å². The molecule has 1 amide bonds. The summed E-state index contributed by atoms with van der Waals surface area (Å²) in [6, 6.07) is 12.0. The minimum absolute atomic E-state index is 0.0578. The van der Waals surface area contributed by atoms with Crippen LogP contribution in [0.25, 0.3) is 22.1 Å². The number of carbonyl (C=O) groups is 3. The second-order valence-electron chi connectivity index (χ2n) is 7.20. The molecule has 2 aromatic heterocycles. The SMILES string of the molecule is O=C[C@H](C(=O)Nc1ccc(C(=O)O)cn1)c1ccc2c(-c3ccc(F)cc3Cl)cc(=O)oc2c1. The Morgan fingerprint density at radius 2 is 1.88 bits per heavy atom. The van der Waals surface area contributed by atoms with Crippen LogP contribution in [0, 0.1) is 5.82 Å². The van der Waals surface area contributed by atoms with Gasteiger partial charge in [0, 0.05) is 28.8 Å². The Balaban J connectivity index is 1.69. The molecule has 170 valence electrons. The van der Waals surface area contributed by atoms with Crippen molar-refractivity contribution in [1.29, 1.82) is 0 Å². The first-order chi connectivity index (χ1) is 16.3. The number of amides is 1. The van der Waals surface area contributed by atoms with E-state index in [2.05, 4.69) is 10.3 Å². The van der Waals surface area contributed by atoms with E-state index in [1.807, 2.05) is 0 Å². The average molecular weight is 481 g/mol. The maximum atomic E-state index is 13.5. The topological polar surface area (TPSA) is 127 Å². The summed E-state index contributed by atoms with van der Waals surface area (Å²) in [6.07, 6.45) is 1.49. The third-order valence-electron chi connectivity index (χ3n) is 5.03. The van der Waals surface area contributed by atoms with Crippen molar-refractivity contribution < 1.29 is 28.3 Å². The number of aldehydes is 1. The van der Waals surface area contributed by atoms with Crippen molar-refractivity contribution in [3.8, 4) is 11.1 Å². The predicted octanol–water partition coefficient (Wildman–Crippen LogP) is 4.27. The smallest absolute Gasteiger partial charge is 0.337 e. The number of aromatic nitrogens is 1. The lowest BCUT2D eigenvalue weighted by molar-refractivity contribution is -0.122. The minimum Gasteiger partial charge on any atom is -0.478 e. The lowest BCUT2D eigenvalue weighted by atomic mass is 9.95. The number of nitrogens with one attached hydrogen (secondary N) is 1. The highest BCUT2D eigenvalue weighted by Crippen LogP contribution is 2.34. The highest BCUT2D eigenvalue weighted by molar-refractivity contribution is 6.33. The molecule has 34 heavy (non-hydrogen) atoms. The van der Waals surface area contributed by atoms with Crippen molar-refractivity contribution >= 4 is 46.6 Å². The molecule has 0 bridgehead atoms. The van der Waals surface area contributed by atoms with Gasteiger partial charge in [-0.2, -0.15) is 0 Å². The van der Waals surface area contributed by atoms with Crippen LogP contribution in [0.3, 0.4) is 0 Å². The summed E-state index contributed by atoms with van der Waals surface area (Å²) in [5.74, 6) is -3.63. The summed E-state index contributed by atoms with van der Waals surface area (Å²) in [6.45, 7) is 0. The number of benzene rings is 2. The van der Waals surface area contributed by atoms with Gasteiger partial charge in [-0.05, 0) is 42.0 Å². The number of carbonyl (C=O) groups excluding carboxylic acids is 2. The molecule has 10 heteroatoms. The van der Waals surface area contributed by atoms with Crippen LogP contribution in [0.4, 0.5) is 10.2 Å². The van der Waals surface area contributed by atoms with Crippen molar-refractivity contribution in [2.24, 2.45) is 0 Å². The van der Waals surface area contributed by atoms with Gasteiger partial charge in [-0.25, -0.2) is 19.0 Å². The zero-order valence-corrected chi connectivity index (χ0v) is 17.9. The fourth-order valence-electron chi connectivity index (χ4n) is 3.39. The van der Waals surface area contributed by atoms with Crippen molar-refractivity contribution in [2.75, 3.05) is 5.32 Å². The molecule has 2 heterocycles. The van der Waals surface area contributed by atoms with E-state index in [9.17, 15) is 23.6 Å². The number of anilines is 1. The van der Waals surface area contributed by atoms with E-state index in [0.717, 1.165) is 12.3 Å². The molecule has 0 aliphatic carbocycles. The molecule has 0 unspecified atom stereocenters. The number of halogens is 2. The van der Waals surface area contributed by atoms with Crippen LogP contribution in [-0.2, 0) is 9.59 Å². The van der Waals surface area contributed by atoms with Crippen LogP contribution in [0.5, 0.6) is 0 Å².